The predicted octanol–water partition coefficient (Wildman–Crippen LogP) is 8.73. The third kappa shape index (κ3) is 3.34. The summed E-state index contributed by atoms with van der Waals surface area (Å²) in [6, 6.07) is 40.8. The molecular formula is C33H22N2. The summed E-state index contributed by atoms with van der Waals surface area (Å²) in [6.45, 7) is 2.13. The number of pyridine rings is 2. The second kappa shape index (κ2) is 7.75. The molecule has 0 N–H and O–H groups in total. The number of nitrogens with zero attached hydrogens (tertiary/aromatic N) is 2. The Hall–Kier alpha value is -4.56. The Bertz CT molecular complexity index is 1920. The van der Waals surface area contributed by atoms with Crippen molar-refractivity contribution in [3.63, 3.8) is 0 Å². The highest BCUT2D eigenvalue weighted by Gasteiger charge is 2.09. The molecule has 0 aliphatic carbocycles. The topological polar surface area (TPSA) is 25.8 Å². The van der Waals surface area contributed by atoms with E-state index in [1.54, 1.807) is 0 Å². The van der Waals surface area contributed by atoms with Crippen LogP contribution in [0, 0.1) is 6.92 Å². The van der Waals surface area contributed by atoms with E-state index in [1.165, 1.54) is 27.1 Å². The maximum Gasteiger partial charge on any atom is 0.0787 e. The molecule has 5 aromatic carbocycles. The van der Waals surface area contributed by atoms with Crippen LogP contribution in [0.1, 0.15) is 5.56 Å². The number of hydrogen-bond acceptors (Lipinski definition) is 2. The minimum Gasteiger partial charge on any atom is -0.247 e. The SMILES string of the molecule is Cc1ccc2c(ccc3ccc(-c4cccc(-c5ccc6ccc7ccccc7c6n5)c4)nc32)c1. The van der Waals surface area contributed by atoms with Crippen LogP contribution in [0.4, 0.5) is 0 Å². The Morgan fingerprint density at radius 3 is 1.71 bits per heavy atom. The van der Waals surface area contributed by atoms with E-state index in [4.69, 9.17) is 9.97 Å². The van der Waals surface area contributed by atoms with Crippen molar-refractivity contribution in [2.75, 3.05) is 0 Å². The molecule has 2 nitrogen and oxygen atoms in total. The highest BCUT2D eigenvalue weighted by atomic mass is 14.7. The zero-order valence-corrected chi connectivity index (χ0v) is 19.4. The van der Waals surface area contributed by atoms with Crippen molar-refractivity contribution in [2.45, 2.75) is 6.92 Å². The molecule has 0 amide bonds. The minimum atomic E-state index is 0.970. The van der Waals surface area contributed by atoms with Gasteiger partial charge in [-0.2, -0.15) is 0 Å². The summed E-state index contributed by atoms with van der Waals surface area (Å²) in [5.41, 5.74) is 7.46. The van der Waals surface area contributed by atoms with Crippen LogP contribution in [-0.4, -0.2) is 9.97 Å². The van der Waals surface area contributed by atoms with Crippen molar-refractivity contribution in [3.8, 4) is 22.5 Å². The fourth-order valence-electron chi connectivity index (χ4n) is 5.05. The Labute approximate surface area is 203 Å². The van der Waals surface area contributed by atoms with Crippen molar-refractivity contribution in [3.05, 3.63) is 121 Å². The smallest absolute Gasteiger partial charge is 0.0787 e. The first kappa shape index (κ1) is 19.9. The van der Waals surface area contributed by atoms with E-state index >= 15 is 0 Å². The number of fused-ring (bicyclic) bond motifs is 6. The summed E-state index contributed by atoms with van der Waals surface area (Å²) in [6.07, 6.45) is 0. The monoisotopic (exact) mass is 446 g/mol. The Morgan fingerprint density at radius 2 is 1.00 bits per heavy atom. The van der Waals surface area contributed by atoms with E-state index < -0.39 is 0 Å². The molecule has 0 aliphatic heterocycles. The van der Waals surface area contributed by atoms with Crippen LogP contribution in [-0.2, 0) is 0 Å². The van der Waals surface area contributed by atoms with Crippen LogP contribution in [0.3, 0.4) is 0 Å². The Balaban J connectivity index is 1.37. The Morgan fingerprint density at radius 1 is 0.429 bits per heavy atom. The van der Waals surface area contributed by atoms with Crippen LogP contribution < -0.4 is 0 Å². The summed E-state index contributed by atoms with van der Waals surface area (Å²) in [5.74, 6) is 0. The van der Waals surface area contributed by atoms with E-state index in [1.807, 2.05) is 0 Å². The summed E-state index contributed by atoms with van der Waals surface area (Å²) >= 11 is 0. The number of hydrogen-bond donors (Lipinski definition) is 0. The van der Waals surface area contributed by atoms with Gasteiger partial charge in [0.25, 0.3) is 0 Å². The number of benzene rings is 5. The highest BCUT2D eigenvalue weighted by Crippen LogP contribution is 2.31. The van der Waals surface area contributed by atoms with Crippen LogP contribution >= 0.6 is 0 Å². The van der Waals surface area contributed by atoms with Gasteiger partial charge in [0.2, 0.25) is 0 Å². The van der Waals surface area contributed by atoms with Gasteiger partial charge in [-0.25, -0.2) is 9.97 Å². The van der Waals surface area contributed by atoms with Gasteiger partial charge < -0.3 is 0 Å². The molecule has 2 heterocycles. The van der Waals surface area contributed by atoms with Gasteiger partial charge in [0, 0.05) is 32.7 Å². The molecule has 35 heavy (non-hydrogen) atoms. The number of rotatable bonds is 2. The van der Waals surface area contributed by atoms with Crippen LogP contribution in [0.25, 0.3) is 65.9 Å². The van der Waals surface area contributed by atoms with Gasteiger partial charge >= 0.3 is 0 Å². The van der Waals surface area contributed by atoms with Gasteiger partial charge in [0.05, 0.1) is 22.4 Å². The fraction of sp³-hybridized carbons (Fsp3) is 0.0303. The van der Waals surface area contributed by atoms with Gasteiger partial charge in [-0.15, -0.1) is 0 Å². The standard InChI is InChI=1S/C33H22N2/c1-21-9-16-29-25(19-21)13-12-24-15-18-31(35-33(24)29)27-7-4-6-26(20-27)30-17-14-23-11-10-22-5-2-3-8-28(22)32(23)34-30/h2-20H,1H3. The molecule has 0 aliphatic rings. The molecule has 164 valence electrons. The lowest BCUT2D eigenvalue weighted by Gasteiger charge is -2.10. The van der Waals surface area contributed by atoms with Crippen molar-refractivity contribution >= 4 is 43.4 Å². The summed E-state index contributed by atoms with van der Waals surface area (Å²) in [4.78, 5) is 10.2. The first-order chi connectivity index (χ1) is 17.2. The van der Waals surface area contributed by atoms with E-state index in [0.717, 1.165) is 44.3 Å². The normalized spacial score (nSPS) is 11.6. The van der Waals surface area contributed by atoms with Crippen molar-refractivity contribution in [1.29, 1.82) is 0 Å². The van der Waals surface area contributed by atoms with Gasteiger partial charge in [-0.3, -0.25) is 0 Å². The maximum atomic E-state index is 5.11. The fourth-order valence-corrected chi connectivity index (χ4v) is 5.05. The van der Waals surface area contributed by atoms with E-state index in [-0.39, 0.29) is 0 Å². The molecule has 0 unspecified atom stereocenters. The van der Waals surface area contributed by atoms with Gasteiger partial charge in [0.1, 0.15) is 0 Å². The second-order valence-corrected chi connectivity index (χ2v) is 9.19. The molecule has 0 bridgehead atoms. The summed E-state index contributed by atoms with van der Waals surface area (Å²) < 4.78 is 0. The molecule has 0 saturated carbocycles. The molecule has 0 atom stereocenters. The molecule has 7 rings (SSSR count). The first-order valence-corrected chi connectivity index (χ1v) is 11.9. The van der Waals surface area contributed by atoms with Crippen LogP contribution in [0.15, 0.2) is 115 Å². The molecule has 2 aromatic heterocycles. The molecular weight excluding hydrogens is 424 g/mol. The lowest BCUT2D eigenvalue weighted by molar-refractivity contribution is 1.39. The van der Waals surface area contributed by atoms with Crippen molar-refractivity contribution in [1.82, 2.24) is 9.97 Å². The Kier molecular flexibility index (Phi) is 4.40. The minimum absolute atomic E-state index is 0.970. The van der Waals surface area contributed by atoms with Crippen LogP contribution in [0.5, 0.6) is 0 Å². The molecule has 0 spiro atoms. The molecule has 0 radical (unpaired) electrons. The maximum absolute atomic E-state index is 5.11. The number of aryl methyl sites for hydroxylation is 1. The average molecular weight is 447 g/mol. The van der Waals surface area contributed by atoms with E-state index in [2.05, 4.69) is 122 Å². The summed E-state index contributed by atoms with van der Waals surface area (Å²) in [5, 5.41) is 7.12. The lowest BCUT2D eigenvalue weighted by Crippen LogP contribution is -1.90. The molecule has 2 heteroatoms. The van der Waals surface area contributed by atoms with Crippen LogP contribution in [0.2, 0.25) is 0 Å². The van der Waals surface area contributed by atoms with Gasteiger partial charge in [-0.05, 0) is 35.9 Å². The lowest BCUT2D eigenvalue weighted by atomic mass is 10.0. The third-order valence-corrected chi connectivity index (χ3v) is 6.87. The highest BCUT2D eigenvalue weighted by molar-refractivity contribution is 6.07. The molecule has 0 saturated heterocycles. The molecule has 7 aromatic rings. The van der Waals surface area contributed by atoms with E-state index in [9.17, 15) is 0 Å². The quantitative estimate of drug-likeness (QED) is 0.248. The average Bonchev–Trinajstić information content (AvgIpc) is 2.92. The summed E-state index contributed by atoms with van der Waals surface area (Å²) in [7, 11) is 0. The number of aromatic nitrogens is 2. The van der Waals surface area contributed by atoms with Gasteiger partial charge in [0.15, 0.2) is 0 Å². The predicted molar refractivity (Wildman–Crippen MR) is 148 cm³/mol. The van der Waals surface area contributed by atoms with Crippen molar-refractivity contribution in [2.24, 2.45) is 0 Å². The zero-order chi connectivity index (χ0) is 23.4. The molecule has 0 fully saturated rings. The van der Waals surface area contributed by atoms with E-state index in [0.29, 0.717) is 0 Å². The second-order valence-electron chi connectivity index (χ2n) is 9.19. The first-order valence-electron chi connectivity index (χ1n) is 11.9. The van der Waals surface area contributed by atoms with Crippen molar-refractivity contribution < 1.29 is 0 Å². The largest absolute Gasteiger partial charge is 0.247 e. The zero-order valence-electron chi connectivity index (χ0n) is 19.4. The van der Waals surface area contributed by atoms with Gasteiger partial charge in [-0.1, -0.05) is 103 Å². The third-order valence-electron chi connectivity index (χ3n) is 6.87.